The molecule has 0 amide bonds. The second-order valence-electron chi connectivity index (χ2n) is 13.0. The predicted octanol–water partition coefficient (Wildman–Crippen LogP) is 7.21. The standard InChI is InChI=1S/C37H37F3N6O2S/c1-4-29(47)15-24-5-8-26(9-6-24)36(3,48)21-46-28(19-41)16-31-23(2)25(7-10-33(31)46)20-45-13-11-27(12-14-45)44-34-32-17-30(18-37(38,39)40)49-35(32)43-22-42-34/h4-10,16-17,22,27,48H,1,11-15,18,20-21H2,2-3H3,(H,42,43,44). The molecule has 1 aliphatic rings. The van der Waals surface area contributed by atoms with E-state index in [1.807, 2.05) is 41.0 Å². The van der Waals surface area contributed by atoms with Crippen LogP contribution in [0.1, 0.15) is 52.6 Å². The van der Waals surface area contributed by atoms with Crippen molar-refractivity contribution >= 4 is 44.1 Å². The number of anilines is 1. The molecule has 2 aromatic carbocycles. The number of carbonyl (C=O) groups is 1. The molecule has 1 fully saturated rings. The number of alkyl halides is 3. The summed E-state index contributed by atoms with van der Waals surface area (Å²) in [5.74, 6) is 0.501. The fourth-order valence-corrected chi connectivity index (χ4v) is 7.61. The monoisotopic (exact) mass is 686 g/mol. The van der Waals surface area contributed by atoms with Crippen LogP contribution >= 0.6 is 11.3 Å². The molecule has 49 heavy (non-hydrogen) atoms. The van der Waals surface area contributed by atoms with Gasteiger partial charge in [0.15, 0.2) is 5.78 Å². The minimum Gasteiger partial charge on any atom is -0.384 e. The number of carbonyl (C=O) groups excluding carboxylic acids is 1. The topological polar surface area (TPSA) is 107 Å². The van der Waals surface area contributed by atoms with Gasteiger partial charge in [0.2, 0.25) is 0 Å². The average Bonchev–Trinajstić information content (AvgIpc) is 3.63. The number of nitriles is 1. The Hall–Kier alpha value is -4.57. The lowest BCUT2D eigenvalue weighted by Gasteiger charge is -2.33. The van der Waals surface area contributed by atoms with Crippen LogP contribution in [0.25, 0.3) is 21.1 Å². The average molecular weight is 687 g/mol. The van der Waals surface area contributed by atoms with Gasteiger partial charge in [0.05, 0.1) is 18.4 Å². The summed E-state index contributed by atoms with van der Waals surface area (Å²) >= 11 is 1.05. The molecular weight excluding hydrogens is 650 g/mol. The van der Waals surface area contributed by atoms with E-state index in [-0.39, 0.29) is 29.7 Å². The maximum atomic E-state index is 13.0. The highest BCUT2D eigenvalue weighted by atomic mass is 32.1. The zero-order valence-electron chi connectivity index (χ0n) is 27.3. The Morgan fingerprint density at radius 1 is 1.14 bits per heavy atom. The number of aryl methyl sites for hydroxylation is 1. The van der Waals surface area contributed by atoms with Crippen molar-refractivity contribution in [2.24, 2.45) is 0 Å². The van der Waals surface area contributed by atoms with Gasteiger partial charge >= 0.3 is 6.18 Å². The van der Waals surface area contributed by atoms with Crippen LogP contribution in [0.3, 0.4) is 0 Å². The smallest absolute Gasteiger partial charge is 0.384 e. The van der Waals surface area contributed by atoms with Gasteiger partial charge in [-0.05, 0) is 73.2 Å². The van der Waals surface area contributed by atoms with Gasteiger partial charge < -0.3 is 15.0 Å². The van der Waals surface area contributed by atoms with Gasteiger partial charge in [-0.2, -0.15) is 18.4 Å². The van der Waals surface area contributed by atoms with Crippen LogP contribution in [0, 0.1) is 18.3 Å². The largest absolute Gasteiger partial charge is 0.393 e. The Balaban J connectivity index is 1.12. The summed E-state index contributed by atoms with van der Waals surface area (Å²) in [6.07, 6.45) is -0.604. The molecule has 1 saturated heterocycles. The summed E-state index contributed by atoms with van der Waals surface area (Å²) in [4.78, 5) is 23.4. The van der Waals surface area contributed by atoms with Crippen molar-refractivity contribution in [3.63, 3.8) is 0 Å². The summed E-state index contributed by atoms with van der Waals surface area (Å²) in [7, 11) is 0. The molecule has 1 unspecified atom stereocenters. The number of likely N-dealkylation sites (tertiary alicyclic amines) is 1. The van der Waals surface area contributed by atoms with Crippen molar-refractivity contribution in [2.75, 3.05) is 18.4 Å². The Labute approximate surface area is 286 Å². The molecule has 0 saturated carbocycles. The molecule has 0 radical (unpaired) electrons. The van der Waals surface area contributed by atoms with E-state index in [0.29, 0.717) is 27.3 Å². The summed E-state index contributed by atoms with van der Waals surface area (Å²) in [6.45, 7) is 9.89. The maximum Gasteiger partial charge on any atom is 0.393 e. The number of ketones is 1. The van der Waals surface area contributed by atoms with Crippen molar-refractivity contribution in [1.29, 1.82) is 5.26 Å². The molecule has 4 heterocycles. The summed E-state index contributed by atoms with van der Waals surface area (Å²) in [6, 6.07) is 17.3. The molecule has 0 bridgehead atoms. The molecule has 12 heteroatoms. The molecule has 3 aromatic heterocycles. The number of hydrogen-bond donors (Lipinski definition) is 2. The Kier molecular flexibility index (Phi) is 9.62. The van der Waals surface area contributed by atoms with Crippen LogP contribution in [-0.4, -0.2) is 55.6 Å². The Bertz CT molecular complexity index is 2050. The second kappa shape index (κ2) is 13.7. The number of nitrogens with one attached hydrogen (secondary N) is 1. The number of hydrogen-bond acceptors (Lipinski definition) is 8. The van der Waals surface area contributed by atoms with Gasteiger partial charge in [0, 0.05) is 47.9 Å². The number of piperidine rings is 1. The summed E-state index contributed by atoms with van der Waals surface area (Å²) in [5.41, 5.74) is 3.83. The third-order valence-corrected chi connectivity index (χ3v) is 10.3. The molecule has 254 valence electrons. The molecular formula is C37H37F3N6O2S. The second-order valence-corrected chi connectivity index (χ2v) is 14.1. The molecule has 2 N–H and O–H groups in total. The van der Waals surface area contributed by atoms with Crippen molar-refractivity contribution in [1.82, 2.24) is 19.4 Å². The molecule has 1 aliphatic heterocycles. The number of allylic oxidation sites excluding steroid dienone is 1. The number of fused-ring (bicyclic) bond motifs is 2. The first-order chi connectivity index (χ1) is 23.3. The number of nitrogens with zero attached hydrogens (tertiary/aromatic N) is 5. The molecule has 0 spiro atoms. The summed E-state index contributed by atoms with van der Waals surface area (Å²) in [5, 5.41) is 26.6. The molecule has 0 aliphatic carbocycles. The van der Waals surface area contributed by atoms with Crippen LogP contribution in [0.15, 0.2) is 67.5 Å². The van der Waals surface area contributed by atoms with Crippen molar-refractivity contribution in [3.05, 3.63) is 100 Å². The molecule has 6 rings (SSSR count). The third-order valence-electron chi connectivity index (χ3n) is 9.31. The zero-order valence-corrected chi connectivity index (χ0v) is 28.2. The fourth-order valence-electron chi connectivity index (χ4n) is 6.58. The van der Waals surface area contributed by atoms with Gasteiger partial charge in [0.25, 0.3) is 0 Å². The first kappa shape index (κ1) is 34.3. The first-order valence-electron chi connectivity index (χ1n) is 16.1. The van der Waals surface area contributed by atoms with Crippen LogP contribution in [-0.2, 0) is 36.3 Å². The van der Waals surface area contributed by atoms with Gasteiger partial charge in [-0.1, -0.05) is 36.9 Å². The lowest BCUT2D eigenvalue weighted by molar-refractivity contribution is -0.126. The van der Waals surface area contributed by atoms with E-state index in [2.05, 4.69) is 45.8 Å². The van der Waals surface area contributed by atoms with Crippen molar-refractivity contribution in [3.8, 4) is 6.07 Å². The van der Waals surface area contributed by atoms with E-state index in [4.69, 9.17) is 0 Å². The highest BCUT2D eigenvalue weighted by molar-refractivity contribution is 7.18. The Morgan fingerprint density at radius 3 is 2.55 bits per heavy atom. The molecule has 5 aromatic rings. The minimum absolute atomic E-state index is 0.0714. The number of rotatable bonds is 11. The lowest BCUT2D eigenvalue weighted by atomic mass is 9.94. The van der Waals surface area contributed by atoms with Crippen LogP contribution in [0.4, 0.5) is 19.0 Å². The van der Waals surface area contributed by atoms with Crippen LogP contribution in [0.2, 0.25) is 0 Å². The SMILES string of the molecule is C=CC(=O)Cc1ccc(C(C)(O)Cn2c(C#N)cc3c(C)c(CN4CCC(Nc5ncnc6sc(CC(F)(F)F)cc56)CC4)ccc32)cc1. The normalized spacial score (nSPS) is 15.7. The highest BCUT2D eigenvalue weighted by Gasteiger charge is 2.30. The zero-order chi connectivity index (χ0) is 34.9. The van der Waals surface area contributed by atoms with E-state index < -0.39 is 18.2 Å². The van der Waals surface area contributed by atoms with Gasteiger partial charge in [-0.25, -0.2) is 9.97 Å². The number of aliphatic hydroxyl groups is 1. The van der Waals surface area contributed by atoms with E-state index in [9.17, 15) is 28.3 Å². The lowest BCUT2D eigenvalue weighted by Crippen LogP contribution is -2.39. The van der Waals surface area contributed by atoms with E-state index in [1.165, 1.54) is 12.4 Å². The van der Waals surface area contributed by atoms with Crippen LogP contribution < -0.4 is 5.32 Å². The fraction of sp³-hybridized carbons (Fsp3) is 0.351. The van der Waals surface area contributed by atoms with Gasteiger partial charge in [-0.3, -0.25) is 9.69 Å². The first-order valence-corrected chi connectivity index (χ1v) is 16.9. The number of thiophene rings is 1. The minimum atomic E-state index is -4.27. The number of aromatic nitrogens is 3. The molecule has 8 nitrogen and oxygen atoms in total. The molecule has 1 atom stereocenters. The van der Waals surface area contributed by atoms with Gasteiger partial charge in [-0.15, -0.1) is 11.3 Å². The summed E-state index contributed by atoms with van der Waals surface area (Å²) < 4.78 is 40.7. The number of benzene rings is 2. The predicted molar refractivity (Wildman–Crippen MR) is 185 cm³/mol. The Morgan fingerprint density at radius 2 is 1.88 bits per heavy atom. The van der Waals surface area contributed by atoms with Gasteiger partial charge in [0.1, 0.15) is 34.3 Å². The van der Waals surface area contributed by atoms with E-state index in [1.54, 1.807) is 13.0 Å². The van der Waals surface area contributed by atoms with Crippen molar-refractivity contribution in [2.45, 2.75) is 70.4 Å². The van der Waals surface area contributed by atoms with Crippen LogP contribution in [0.5, 0.6) is 0 Å². The van der Waals surface area contributed by atoms with Crippen molar-refractivity contribution < 1.29 is 23.1 Å². The van der Waals surface area contributed by atoms with E-state index in [0.717, 1.165) is 71.4 Å². The maximum absolute atomic E-state index is 13.0. The third kappa shape index (κ3) is 7.69. The quantitative estimate of drug-likeness (QED) is 0.141. The number of halogens is 3. The van der Waals surface area contributed by atoms with E-state index >= 15 is 0 Å². The highest BCUT2D eigenvalue weighted by Crippen LogP contribution is 2.34.